The third kappa shape index (κ3) is 4.14. The number of rotatable bonds is 6. The van der Waals surface area contributed by atoms with Crippen molar-refractivity contribution in [3.05, 3.63) is 54.6 Å². The van der Waals surface area contributed by atoms with Crippen LogP contribution >= 0.6 is 0 Å². The Labute approximate surface area is 152 Å². The molecule has 1 aliphatic rings. The molecular formula is C20H22N2O4. The van der Waals surface area contributed by atoms with Crippen molar-refractivity contribution in [2.75, 3.05) is 24.6 Å². The third-order valence-electron chi connectivity index (χ3n) is 4.02. The molecule has 2 aromatic carbocycles. The summed E-state index contributed by atoms with van der Waals surface area (Å²) in [6.07, 6.45) is 0.0971. The van der Waals surface area contributed by atoms with Gasteiger partial charge in [-0.3, -0.25) is 9.59 Å². The number of hydrogen-bond acceptors (Lipinski definition) is 4. The fraction of sp³-hybridized carbons (Fsp3) is 0.300. The van der Waals surface area contributed by atoms with E-state index in [1.165, 1.54) is 0 Å². The number of nitrogens with zero attached hydrogens (tertiary/aromatic N) is 1. The molecule has 2 aromatic rings. The minimum Gasteiger partial charge on any atom is -0.484 e. The van der Waals surface area contributed by atoms with Gasteiger partial charge in [-0.1, -0.05) is 37.3 Å². The van der Waals surface area contributed by atoms with Crippen LogP contribution in [0.1, 0.15) is 13.3 Å². The summed E-state index contributed by atoms with van der Waals surface area (Å²) in [6, 6.07) is 16.4. The summed E-state index contributed by atoms with van der Waals surface area (Å²) in [7, 11) is 0. The van der Waals surface area contributed by atoms with E-state index in [4.69, 9.17) is 9.47 Å². The van der Waals surface area contributed by atoms with Crippen LogP contribution in [0.2, 0.25) is 0 Å². The molecule has 1 aliphatic heterocycles. The van der Waals surface area contributed by atoms with Crippen LogP contribution in [-0.2, 0) is 9.59 Å². The van der Waals surface area contributed by atoms with Gasteiger partial charge in [-0.05, 0) is 30.7 Å². The van der Waals surface area contributed by atoms with Crippen LogP contribution in [0.25, 0.3) is 0 Å². The second-order valence-electron chi connectivity index (χ2n) is 5.97. The summed E-state index contributed by atoms with van der Waals surface area (Å²) in [5.41, 5.74) is 0.647. The van der Waals surface area contributed by atoms with E-state index in [-0.39, 0.29) is 25.0 Å². The molecule has 1 heterocycles. The van der Waals surface area contributed by atoms with E-state index >= 15 is 0 Å². The van der Waals surface area contributed by atoms with E-state index in [1.54, 1.807) is 29.2 Å². The highest BCUT2D eigenvalue weighted by Crippen LogP contribution is 2.33. The first kappa shape index (κ1) is 17.8. The average molecular weight is 354 g/mol. The number of fused-ring (bicyclic) bond motifs is 1. The van der Waals surface area contributed by atoms with Gasteiger partial charge in [0.1, 0.15) is 11.5 Å². The van der Waals surface area contributed by atoms with Gasteiger partial charge in [0, 0.05) is 6.54 Å². The first-order chi connectivity index (χ1) is 12.7. The first-order valence-corrected chi connectivity index (χ1v) is 8.70. The molecule has 136 valence electrons. The van der Waals surface area contributed by atoms with Crippen LogP contribution in [0.3, 0.4) is 0 Å². The minimum atomic E-state index is -0.739. The molecule has 0 bridgehead atoms. The van der Waals surface area contributed by atoms with Crippen molar-refractivity contribution < 1.29 is 19.1 Å². The fourth-order valence-electron chi connectivity index (χ4n) is 2.71. The second kappa shape index (κ2) is 8.38. The molecule has 0 unspecified atom stereocenters. The van der Waals surface area contributed by atoms with Crippen molar-refractivity contribution in [3.63, 3.8) is 0 Å². The van der Waals surface area contributed by atoms with Gasteiger partial charge < -0.3 is 19.7 Å². The lowest BCUT2D eigenvalue weighted by atomic mass is 10.1. The Hall–Kier alpha value is -3.02. The second-order valence-corrected chi connectivity index (χ2v) is 5.97. The average Bonchev–Trinajstić information content (AvgIpc) is 2.70. The zero-order valence-corrected chi connectivity index (χ0v) is 14.7. The molecular weight excluding hydrogens is 332 g/mol. The van der Waals surface area contributed by atoms with Gasteiger partial charge >= 0.3 is 0 Å². The number of benzene rings is 2. The number of ether oxygens (including phenoxy) is 2. The lowest BCUT2D eigenvalue weighted by Gasteiger charge is -2.34. The van der Waals surface area contributed by atoms with Crippen LogP contribution in [0, 0.1) is 0 Å². The van der Waals surface area contributed by atoms with Crippen LogP contribution in [0.5, 0.6) is 11.5 Å². The van der Waals surface area contributed by atoms with Crippen molar-refractivity contribution in [1.29, 1.82) is 0 Å². The highest BCUT2D eigenvalue weighted by Gasteiger charge is 2.33. The molecule has 0 spiro atoms. The summed E-state index contributed by atoms with van der Waals surface area (Å²) < 4.78 is 11.4. The zero-order chi connectivity index (χ0) is 18.4. The molecule has 3 rings (SSSR count). The van der Waals surface area contributed by atoms with E-state index < -0.39 is 6.10 Å². The van der Waals surface area contributed by atoms with E-state index in [2.05, 4.69) is 5.32 Å². The van der Waals surface area contributed by atoms with Gasteiger partial charge in [0.2, 0.25) is 0 Å². The Morgan fingerprint density at radius 2 is 1.88 bits per heavy atom. The maximum Gasteiger partial charge on any atom is 0.265 e. The molecule has 0 saturated carbocycles. The molecule has 6 heteroatoms. The summed E-state index contributed by atoms with van der Waals surface area (Å²) in [5.74, 6) is 0.698. The molecule has 0 aromatic heterocycles. The van der Waals surface area contributed by atoms with Crippen LogP contribution in [0.15, 0.2) is 54.6 Å². The van der Waals surface area contributed by atoms with Gasteiger partial charge in [0.25, 0.3) is 11.8 Å². The number of anilines is 1. The zero-order valence-electron chi connectivity index (χ0n) is 14.7. The van der Waals surface area contributed by atoms with Crippen molar-refractivity contribution in [2.45, 2.75) is 19.4 Å². The van der Waals surface area contributed by atoms with E-state index in [0.717, 1.165) is 6.42 Å². The fourth-order valence-corrected chi connectivity index (χ4v) is 2.71. The number of carbonyl (C=O) groups excluding carboxylic acids is 2. The largest absolute Gasteiger partial charge is 0.484 e. The van der Waals surface area contributed by atoms with Crippen LogP contribution in [-0.4, -0.2) is 37.6 Å². The monoisotopic (exact) mass is 354 g/mol. The lowest BCUT2D eigenvalue weighted by molar-refractivity contribution is -0.128. The molecule has 26 heavy (non-hydrogen) atoms. The molecule has 0 fully saturated rings. The summed E-state index contributed by atoms with van der Waals surface area (Å²) in [5, 5.41) is 2.82. The van der Waals surface area contributed by atoms with Gasteiger partial charge in [-0.2, -0.15) is 0 Å². The van der Waals surface area contributed by atoms with Crippen molar-refractivity contribution in [1.82, 2.24) is 5.32 Å². The Morgan fingerprint density at radius 1 is 1.15 bits per heavy atom. The number of nitrogens with one attached hydrogen (secondary N) is 1. The third-order valence-corrected chi connectivity index (χ3v) is 4.02. The Balaban J connectivity index is 1.73. The summed E-state index contributed by atoms with van der Waals surface area (Å²) >= 11 is 0. The predicted molar refractivity (Wildman–Crippen MR) is 98.4 cm³/mol. The number of para-hydroxylation sites is 3. The van der Waals surface area contributed by atoms with Crippen molar-refractivity contribution >= 4 is 17.5 Å². The summed E-state index contributed by atoms with van der Waals surface area (Å²) in [6.45, 7) is 2.60. The standard InChI is InChI=1S/C20H22N2O4/c1-2-12-21-20(24)18-13-22(16-10-6-7-11-17(16)26-18)19(23)14-25-15-8-4-3-5-9-15/h3-11,18H,2,12-14H2,1H3,(H,21,24)/t18-/m1/s1. The van der Waals surface area contributed by atoms with Crippen LogP contribution in [0.4, 0.5) is 5.69 Å². The van der Waals surface area contributed by atoms with Gasteiger partial charge in [-0.25, -0.2) is 0 Å². The molecule has 0 radical (unpaired) electrons. The smallest absolute Gasteiger partial charge is 0.265 e. The molecule has 0 saturated heterocycles. The topological polar surface area (TPSA) is 67.9 Å². The minimum absolute atomic E-state index is 0.109. The molecule has 1 atom stereocenters. The van der Waals surface area contributed by atoms with Crippen molar-refractivity contribution in [3.8, 4) is 11.5 Å². The Kier molecular flexibility index (Phi) is 5.73. The van der Waals surface area contributed by atoms with Gasteiger partial charge in [-0.15, -0.1) is 0 Å². The molecule has 0 aliphatic carbocycles. The Bertz CT molecular complexity index is 763. The van der Waals surface area contributed by atoms with Crippen LogP contribution < -0.4 is 19.7 Å². The summed E-state index contributed by atoms with van der Waals surface area (Å²) in [4.78, 5) is 26.6. The normalized spacial score (nSPS) is 15.6. The quantitative estimate of drug-likeness (QED) is 0.865. The SMILES string of the molecule is CCCNC(=O)[C@H]1CN(C(=O)COc2ccccc2)c2ccccc2O1. The maximum absolute atomic E-state index is 12.7. The molecule has 1 N–H and O–H groups in total. The molecule has 2 amide bonds. The number of hydrogen-bond donors (Lipinski definition) is 1. The highest BCUT2D eigenvalue weighted by atomic mass is 16.5. The van der Waals surface area contributed by atoms with Gasteiger partial charge in [0.15, 0.2) is 12.7 Å². The van der Waals surface area contributed by atoms with Crippen molar-refractivity contribution in [2.24, 2.45) is 0 Å². The number of amides is 2. The van der Waals surface area contributed by atoms with E-state index in [1.807, 2.05) is 37.3 Å². The van der Waals surface area contributed by atoms with E-state index in [0.29, 0.717) is 23.7 Å². The first-order valence-electron chi connectivity index (χ1n) is 8.70. The van der Waals surface area contributed by atoms with E-state index in [9.17, 15) is 9.59 Å². The Morgan fingerprint density at radius 3 is 2.65 bits per heavy atom. The molecule has 6 nitrogen and oxygen atoms in total. The predicted octanol–water partition coefficient (Wildman–Crippen LogP) is 2.39. The highest BCUT2D eigenvalue weighted by molar-refractivity contribution is 5.98. The number of carbonyl (C=O) groups is 2. The van der Waals surface area contributed by atoms with Gasteiger partial charge in [0.05, 0.1) is 12.2 Å². The maximum atomic E-state index is 12.7. The lowest BCUT2D eigenvalue weighted by Crippen LogP contribution is -2.51.